The molecule has 0 atom stereocenters. The third-order valence-corrected chi connectivity index (χ3v) is 3.94. The summed E-state index contributed by atoms with van der Waals surface area (Å²) in [6.07, 6.45) is 4.08. The van der Waals surface area contributed by atoms with Crippen molar-refractivity contribution in [3.63, 3.8) is 0 Å². The Morgan fingerprint density at radius 2 is 2.05 bits per heavy atom. The fourth-order valence-electron chi connectivity index (χ4n) is 2.66. The predicted molar refractivity (Wildman–Crippen MR) is 71.0 cm³/mol. The van der Waals surface area contributed by atoms with Crippen LogP contribution in [0, 0.1) is 0 Å². The number of benzene rings is 1. The van der Waals surface area contributed by atoms with Gasteiger partial charge in [-0.15, -0.1) is 0 Å². The fourth-order valence-corrected chi connectivity index (χ4v) is 2.66. The molecular weight excluding hydrogens is 240 g/mol. The Morgan fingerprint density at radius 3 is 2.68 bits per heavy atom. The lowest BCUT2D eigenvalue weighted by Crippen LogP contribution is -2.35. The molecule has 0 amide bonds. The molecule has 1 saturated carbocycles. The van der Waals surface area contributed by atoms with Crippen molar-refractivity contribution >= 4 is 0 Å². The number of methoxy groups -OCH3 is 1. The maximum Gasteiger partial charge on any atom is 0.237 e. The van der Waals surface area contributed by atoms with Crippen LogP contribution in [0.25, 0.3) is 0 Å². The van der Waals surface area contributed by atoms with Gasteiger partial charge in [0.1, 0.15) is 0 Å². The van der Waals surface area contributed by atoms with Crippen LogP contribution < -0.4 is 0 Å². The molecule has 1 aromatic heterocycles. The van der Waals surface area contributed by atoms with Crippen molar-refractivity contribution in [2.24, 2.45) is 0 Å². The van der Waals surface area contributed by atoms with Crippen LogP contribution in [0.2, 0.25) is 0 Å². The molecule has 1 aromatic carbocycles. The first kappa shape index (κ1) is 12.4. The van der Waals surface area contributed by atoms with Gasteiger partial charge in [-0.3, -0.25) is 0 Å². The van der Waals surface area contributed by atoms with E-state index in [1.807, 2.05) is 6.07 Å². The van der Waals surface area contributed by atoms with Crippen LogP contribution in [0.1, 0.15) is 36.5 Å². The monoisotopic (exact) mass is 258 g/mol. The number of rotatable bonds is 5. The van der Waals surface area contributed by atoms with Gasteiger partial charge in [0.2, 0.25) is 5.89 Å². The maximum absolute atomic E-state index is 5.51. The molecule has 0 saturated heterocycles. The number of hydrogen-bond donors (Lipinski definition) is 0. The highest BCUT2D eigenvalue weighted by Crippen LogP contribution is 2.48. The Morgan fingerprint density at radius 1 is 1.26 bits per heavy atom. The highest BCUT2D eigenvalue weighted by atomic mass is 16.5. The highest BCUT2D eigenvalue weighted by Gasteiger charge is 2.45. The van der Waals surface area contributed by atoms with Gasteiger partial charge >= 0.3 is 0 Å². The zero-order chi connectivity index (χ0) is 13.1. The molecule has 100 valence electrons. The van der Waals surface area contributed by atoms with Gasteiger partial charge in [0.15, 0.2) is 5.82 Å². The van der Waals surface area contributed by atoms with E-state index in [-0.39, 0.29) is 5.41 Å². The zero-order valence-corrected chi connectivity index (χ0v) is 11.1. The van der Waals surface area contributed by atoms with E-state index < -0.39 is 0 Å². The molecule has 4 nitrogen and oxygen atoms in total. The van der Waals surface area contributed by atoms with Gasteiger partial charge < -0.3 is 9.26 Å². The fraction of sp³-hybridized carbons (Fsp3) is 0.467. The summed E-state index contributed by atoms with van der Waals surface area (Å²) in [5.41, 5.74) is 1.22. The van der Waals surface area contributed by atoms with E-state index in [4.69, 9.17) is 9.26 Å². The van der Waals surface area contributed by atoms with Crippen LogP contribution in [0.5, 0.6) is 0 Å². The van der Waals surface area contributed by atoms with E-state index in [2.05, 4.69) is 34.4 Å². The van der Waals surface area contributed by atoms with Crippen LogP contribution in [0.15, 0.2) is 34.9 Å². The van der Waals surface area contributed by atoms with Crippen molar-refractivity contribution in [2.45, 2.75) is 31.1 Å². The molecular formula is C15H18N2O2. The van der Waals surface area contributed by atoms with Crippen molar-refractivity contribution in [1.29, 1.82) is 0 Å². The Hall–Kier alpha value is -1.68. The summed E-state index contributed by atoms with van der Waals surface area (Å²) in [5, 5.41) is 4.06. The molecule has 1 fully saturated rings. The molecule has 0 N–H and O–H groups in total. The molecule has 3 rings (SSSR count). The minimum Gasteiger partial charge on any atom is -0.384 e. The number of nitrogens with zero attached hydrogens (tertiary/aromatic N) is 2. The first-order valence-electron chi connectivity index (χ1n) is 6.73. The average Bonchev–Trinajstić information content (AvgIpc) is 2.85. The summed E-state index contributed by atoms with van der Waals surface area (Å²) in [6.45, 7) is 0.622. The van der Waals surface area contributed by atoms with Crippen LogP contribution in [-0.4, -0.2) is 23.9 Å². The smallest absolute Gasteiger partial charge is 0.237 e. The molecule has 4 heteroatoms. The molecule has 1 heterocycles. The third kappa shape index (κ3) is 2.16. The highest BCUT2D eigenvalue weighted by molar-refractivity contribution is 5.34. The Labute approximate surface area is 112 Å². The molecule has 1 aliphatic rings. The summed E-state index contributed by atoms with van der Waals surface area (Å²) in [6, 6.07) is 10.5. The molecule has 0 unspecified atom stereocenters. The van der Waals surface area contributed by atoms with Gasteiger partial charge in [0.25, 0.3) is 0 Å². The van der Waals surface area contributed by atoms with Crippen molar-refractivity contribution in [1.82, 2.24) is 10.1 Å². The average molecular weight is 258 g/mol. The number of hydrogen-bond acceptors (Lipinski definition) is 4. The predicted octanol–water partition coefficient (Wildman–Crippen LogP) is 2.73. The van der Waals surface area contributed by atoms with Crippen molar-refractivity contribution < 1.29 is 9.26 Å². The number of ether oxygens (including phenoxy) is 1. The summed E-state index contributed by atoms with van der Waals surface area (Å²) < 4.78 is 10.6. The number of aromatic nitrogens is 2. The summed E-state index contributed by atoms with van der Waals surface area (Å²) in [4.78, 5) is 4.56. The second-order valence-electron chi connectivity index (χ2n) is 5.06. The lowest BCUT2D eigenvalue weighted by molar-refractivity contribution is 0.198. The zero-order valence-electron chi connectivity index (χ0n) is 11.1. The molecule has 0 spiro atoms. The van der Waals surface area contributed by atoms with Gasteiger partial charge in [-0.2, -0.15) is 4.98 Å². The van der Waals surface area contributed by atoms with Gasteiger partial charge in [-0.25, -0.2) is 0 Å². The molecule has 19 heavy (non-hydrogen) atoms. The summed E-state index contributed by atoms with van der Waals surface area (Å²) in [5.74, 6) is 1.50. The standard InChI is InChI=1S/C15H18N2O2/c1-18-11-8-13-16-14(19-17-13)15(9-5-10-15)12-6-3-2-4-7-12/h2-4,6-7H,5,8-11H2,1H3. The Bertz CT molecular complexity index is 532. The van der Waals surface area contributed by atoms with Crippen molar-refractivity contribution in [2.75, 3.05) is 13.7 Å². The van der Waals surface area contributed by atoms with Gasteiger partial charge in [0.05, 0.1) is 12.0 Å². The molecule has 2 aromatic rings. The van der Waals surface area contributed by atoms with Crippen LogP contribution in [0.4, 0.5) is 0 Å². The minimum atomic E-state index is -0.0560. The van der Waals surface area contributed by atoms with Crippen LogP contribution in [0.3, 0.4) is 0 Å². The maximum atomic E-state index is 5.51. The second-order valence-corrected chi connectivity index (χ2v) is 5.06. The normalized spacial score (nSPS) is 17.1. The van der Waals surface area contributed by atoms with Crippen molar-refractivity contribution in [3.05, 3.63) is 47.6 Å². The molecule has 0 aliphatic heterocycles. The van der Waals surface area contributed by atoms with E-state index in [1.165, 1.54) is 12.0 Å². The first-order chi connectivity index (χ1) is 9.35. The van der Waals surface area contributed by atoms with E-state index in [1.54, 1.807) is 7.11 Å². The SMILES string of the molecule is COCCc1noc(C2(c3ccccc3)CCC2)n1. The summed E-state index contributed by atoms with van der Waals surface area (Å²) >= 11 is 0. The van der Waals surface area contributed by atoms with Crippen molar-refractivity contribution in [3.8, 4) is 0 Å². The molecule has 0 bridgehead atoms. The minimum absolute atomic E-state index is 0.0560. The summed E-state index contributed by atoms with van der Waals surface area (Å²) in [7, 11) is 1.68. The molecule has 1 aliphatic carbocycles. The first-order valence-corrected chi connectivity index (χ1v) is 6.73. The van der Waals surface area contributed by atoms with E-state index in [0.29, 0.717) is 13.0 Å². The lowest BCUT2D eigenvalue weighted by atomic mass is 9.64. The Balaban J connectivity index is 1.88. The van der Waals surface area contributed by atoms with E-state index in [9.17, 15) is 0 Å². The van der Waals surface area contributed by atoms with E-state index in [0.717, 1.165) is 24.6 Å². The lowest BCUT2D eigenvalue weighted by Gasteiger charge is -2.38. The Kier molecular flexibility index (Phi) is 3.34. The van der Waals surface area contributed by atoms with Crippen LogP contribution in [-0.2, 0) is 16.6 Å². The second kappa shape index (κ2) is 5.13. The third-order valence-electron chi connectivity index (χ3n) is 3.94. The van der Waals surface area contributed by atoms with Crippen LogP contribution >= 0.6 is 0 Å². The largest absolute Gasteiger partial charge is 0.384 e. The van der Waals surface area contributed by atoms with Gasteiger partial charge in [-0.1, -0.05) is 41.9 Å². The topological polar surface area (TPSA) is 48.2 Å². The quantitative estimate of drug-likeness (QED) is 0.827. The van der Waals surface area contributed by atoms with Gasteiger partial charge in [0, 0.05) is 13.5 Å². The van der Waals surface area contributed by atoms with Gasteiger partial charge in [-0.05, 0) is 18.4 Å². The molecule has 0 radical (unpaired) electrons. The van der Waals surface area contributed by atoms with E-state index >= 15 is 0 Å².